The Hall–Kier alpha value is -2.76. The highest BCUT2D eigenvalue weighted by Crippen LogP contribution is 2.36. The van der Waals surface area contributed by atoms with Gasteiger partial charge in [-0.2, -0.15) is 0 Å². The highest BCUT2D eigenvalue weighted by Gasteiger charge is 2.38. The highest BCUT2D eigenvalue weighted by atomic mass is 16.7. The molecule has 6 heteroatoms. The number of hydrogen-bond donors (Lipinski definition) is 1. The van der Waals surface area contributed by atoms with E-state index in [2.05, 4.69) is 12.2 Å². The summed E-state index contributed by atoms with van der Waals surface area (Å²) in [6, 6.07) is 5.68. The average Bonchev–Trinajstić information content (AvgIpc) is 3.19. The molecule has 156 valence electrons. The normalized spacial score (nSPS) is 23.4. The topological polar surface area (TPSA) is 73.9 Å². The molecule has 1 fully saturated rings. The van der Waals surface area contributed by atoms with E-state index in [1.54, 1.807) is 12.2 Å². The Morgan fingerprint density at radius 1 is 1.21 bits per heavy atom. The van der Waals surface area contributed by atoms with Gasteiger partial charge in [0, 0.05) is 6.08 Å². The minimum absolute atomic E-state index is 0.195. The Morgan fingerprint density at radius 2 is 1.97 bits per heavy atom. The van der Waals surface area contributed by atoms with Crippen LogP contribution in [-0.4, -0.2) is 31.3 Å². The first-order chi connectivity index (χ1) is 14.0. The summed E-state index contributed by atoms with van der Waals surface area (Å²) in [5.74, 6) is 1.65. The quantitative estimate of drug-likeness (QED) is 0.426. The molecule has 0 unspecified atom stereocenters. The standard InChI is InChI=1S/C23H29NO5/c1-3-17-10-12-23(13-11-17,15-22(26)27-2)24-21(25)7-5-4-6-18-8-9-19-20(14-18)29-16-28-19/h4-9,14,17H,3,10-13,15-16H2,1-2H3,(H,24,25)/b6-4+,7-5+. The van der Waals surface area contributed by atoms with Crippen molar-refractivity contribution in [2.45, 2.75) is 51.0 Å². The van der Waals surface area contributed by atoms with E-state index in [1.807, 2.05) is 24.3 Å². The van der Waals surface area contributed by atoms with Crippen molar-refractivity contribution in [1.29, 1.82) is 0 Å². The molecule has 1 aromatic rings. The Bertz CT molecular complexity index is 790. The number of benzene rings is 1. The number of carbonyl (C=O) groups excluding carboxylic acids is 2. The van der Waals surface area contributed by atoms with Gasteiger partial charge < -0.3 is 19.5 Å². The molecule has 1 N–H and O–H groups in total. The first kappa shape index (κ1) is 21.0. The van der Waals surface area contributed by atoms with E-state index in [9.17, 15) is 9.59 Å². The van der Waals surface area contributed by atoms with Crippen molar-refractivity contribution < 1.29 is 23.8 Å². The number of carbonyl (C=O) groups is 2. The third kappa shape index (κ3) is 5.62. The van der Waals surface area contributed by atoms with Crippen molar-refractivity contribution in [3.63, 3.8) is 0 Å². The van der Waals surface area contributed by atoms with Gasteiger partial charge in [-0.05, 0) is 49.3 Å². The molecule has 1 aromatic carbocycles. The summed E-state index contributed by atoms with van der Waals surface area (Å²) in [6.45, 7) is 2.43. The average molecular weight is 399 g/mol. The van der Waals surface area contributed by atoms with Crippen LogP contribution in [0.1, 0.15) is 51.0 Å². The van der Waals surface area contributed by atoms with Gasteiger partial charge in [-0.3, -0.25) is 9.59 Å². The summed E-state index contributed by atoms with van der Waals surface area (Å²) in [7, 11) is 1.39. The largest absolute Gasteiger partial charge is 0.469 e. The number of esters is 1. The lowest BCUT2D eigenvalue weighted by molar-refractivity contribution is -0.143. The fourth-order valence-corrected chi connectivity index (χ4v) is 3.96. The molecular weight excluding hydrogens is 370 g/mol. The van der Waals surface area contributed by atoms with Crippen LogP contribution in [-0.2, 0) is 14.3 Å². The second-order valence-electron chi connectivity index (χ2n) is 7.71. The molecule has 1 saturated carbocycles. The van der Waals surface area contributed by atoms with Crippen LogP contribution in [0, 0.1) is 5.92 Å². The van der Waals surface area contributed by atoms with E-state index in [4.69, 9.17) is 14.2 Å². The van der Waals surface area contributed by atoms with Gasteiger partial charge in [-0.1, -0.05) is 37.6 Å². The van der Waals surface area contributed by atoms with Gasteiger partial charge in [0.1, 0.15) is 0 Å². The number of methoxy groups -OCH3 is 1. The van der Waals surface area contributed by atoms with E-state index in [1.165, 1.54) is 13.2 Å². The number of nitrogens with one attached hydrogen (secondary N) is 1. The summed E-state index contributed by atoms with van der Waals surface area (Å²) < 4.78 is 15.5. The van der Waals surface area contributed by atoms with Gasteiger partial charge in [0.25, 0.3) is 0 Å². The summed E-state index contributed by atoms with van der Waals surface area (Å²) in [5, 5.41) is 3.08. The molecule has 6 nitrogen and oxygen atoms in total. The molecule has 1 amide bonds. The maximum absolute atomic E-state index is 12.5. The highest BCUT2D eigenvalue weighted by molar-refractivity contribution is 5.89. The molecule has 1 aliphatic heterocycles. The Morgan fingerprint density at radius 3 is 2.69 bits per heavy atom. The molecule has 1 aliphatic carbocycles. The summed E-state index contributed by atoms with van der Waals surface area (Å²) >= 11 is 0. The van der Waals surface area contributed by atoms with Gasteiger partial charge in [0.15, 0.2) is 11.5 Å². The molecule has 2 aliphatic rings. The van der Waals surface area contributed by atoms with E-state index in [-0.39, 0.29) is 25.1 Å². The van der Waals surface area contributed by atoms with Gasteiger partial charge in [-0.15, -0.1) is 0 Å². The predicted octanol–water partition coefficient (Wildman–Crippen LogP) is 4.00. The van der Waals surface area contributed by atoms with Crippen molar-refractivity contribution in [3.8, 4) is 11.5 Å². The molecule has 0 spiro atoms. The van der Waals surface area contributed by atoms with Crippen LogP contribution in [0.15, 0.2) is 36.4 Å². The molecule has 1 heterocycles. The monoisotopic (exact) mass is 399 g/mol. The molecule has 0 atom stereocenters. The lowest BCUT2D eigenvalue weighted by atomic mass is 9.74. The van der Waals surface area contributed by atoms with Crippen LogP contribution < -0.4 is 14.8 Å². The van der Waals surface area contributed by atoms with E-state index in [0.29, 0.717) is 5.92 Å². The number of amides is 1. The maximum Gasteiger partial charge on any atom is 0.307 e. The third-order valence-electron chi connectivity index (χ3n) is 5.78. The predicted molar refractivity (Wildman–Crippen MR) is 110 cm³/mol. The van der Waals surface area contributed by atoms with Crippen molar-refractivity contribution in [3.05, 3.63) is 42.0 Å². The van der Waals surface area contributed by atoms with E-state index >= 15 is 0 Å². The van der Waals surface area contributed by atoms with Crippen molar-refractivity contribution in [2.24, 2.45) is 5.92 Å². The Balaban J connectivity index is 1.58. The number of fused-ring (bicyclic) bond motifs is 1. The minimum atomic E-state index is -0.513. The van der Waals surface area contributed by atoms with Crippen LogP contribution in [0.3, 0.4) is 0 Å². The number of allylic oxidation sites excluding steroid dienone is 2. The maximum atomic E-state index is 12.5. The van der Waals surface area contributed by atoms with Crippen LogP contribution in [0.5, 0.6) is 11.5 Å². The molecule has 0 saturated heterocycles. The second kappa shape index (κ2) is 9.63. The summed E-state index contributed by atoms with van der Waals surface area (Å²) in [4.78, 5) is 24.4. The smallest absolute Gasteiger partial charge is 0.307 e. The Labute approximate surface area is 171 Å². The second-order valence-corrected chi connectivity index (χ2v) is 7.71. The fraction of sp³-hybridized carbons (Fsp3) is 0.478. The number of ether oxygens (including phenoxy) is 3. The van der Waals surface area contributed by atoms with E-state index in [0.717, 1.165) is 49.2 Å². The van der Waals surface area contributed by atoms with Crippen LogP contribution in [0.2, 0.25) is 0 Å². The van der Waals surface area contributed by atoms with Crippen molar-refractivity contribution in [1.82, 2.24) is 5.32 Å². The third-order valence-corrected chi connectivity index (χ3v) is 5.78. The summed E-state index contributed by atoms with van der Waals surface area (Å²) in [6.07, 6.45) is 11.9. The van der Waals surface area contributed by atoms with Gasteiger partial charge in [0.05, 0.1) is 19.1 Å². The first-order valence-corrected chi connectivity index (χ1v) is 10.2. The van der Waals surface area contributed by atoms with Crippen LogP contribution in [0.25, 0.3) is 6.08 Å². The van der Waals surface area contributed by atoms with Gasteiger partial charge in [0.2, 0.25) is 12.7 Å². The molecule has 0 aromatic heterocycles. The van der Waals surface area contributed by atoms with E-state index < -0.39 is 5.54 Å². The van der Waals surface area contributed by atoms with Crippen molar-refractivity contribution in [2.75, 3.05) is 13.9 Å². The van der Waals surface area contributed by atoms with Gasteiger partial charge in [-0.25, -0.2) is 0 Å². The number of hydrogen-bond acceptors (Lipinski definition) is 5. The molecule has 0 radical (unpaired) electrons. The molecule has 0 bridgehead atoms. The SMILES string of the molecule is CCC1CCC(CC(=O)OC)(NC(=O)/C=C/C=C/c2ccc3c(c2)OCO3)CC1. The van der Waals surface area contributed by atoms with Crippen LogP contribution in [0.4, 0.5) is 0 Å². The summed E-state index contributed by atoms with van der Waals surface area (Å²) in [5.41, 5.74) is 0.445. The molecular formula is C23H29NO5. The van der Waals surface area contributed by atoms with Gasteiger partial charge >= 0.3 is 5.97 Å². The Kier molecular flexibility index (Phi) is 6.96. The zero-order chi connectivity index (χ0) is 20.7. The lowest BCUT2D eigenvalue weighted by Gasteiger charge is -2.39. The number of rotatable bonds is 7. The zero-order valence-electron chi connectivity index (χ0n) is 17.1. The van der Waals surface area contributed by atoms with Crippen molar-refractivity contribution >= 4 is 18.0 Å². The molecule has 29 heavy (non-hydrogen) atoms. The van der Waals surface area contributed by atoms with Crippen LogP contribution >= 0.6 is 0 Å². The zero-order valence-corrected chi connectivity index (χ0v) is 17.1. The minimum Gasteiger partial charge on any atom is -0.469 e. The first-order valence-electron chi connectivity index (χ1n) is 10.2. The fourth-order valence-electron chi connectivity index (χ4n) is 3.96. The molecule has 3 rings (SSSR count). The lowest BCUT2D eigenvalue weighted by Crippen LogP contribution is -2.51.